The lowest BCUT2D eigenvalue weighted by molar-refractivity contribution is -0.159. The Morgan fingerprint density at radius 3 is 2.38 bits per heavy atom. The average molecular weight is 229 g/mol. The van der Waals surface area contributed by atoms with Crippen LogP contribution in [0.3, 0.4) is 0 Å². The summed E-state index contributed by atoms with van der Waals surface area (Å²) in [6.45, 7) is 5.17. The summed E-state index contributed by atoms with van der Waals surface area (Å²) in [5, 5.41) is 0. The summed E-state index contributed by atoms with van der Waals surface area (Å²) in [5.41, 5.74) is 4.97. The van der Waals surface area contributed by atoms with E-state index in [0.29, 0.717) is 0 Å². The number of hydrogen-bond acceptors (Lipinski definition) is 5. The van der Waals surface area contributed by atoms with Crippen molar-refractivity contribution in [2.24, 2.45) is 11.7 Å². The van der Waals surface area contributed by atoms with Crippen molar-refractivity contribution in [3.05, 3.63) is 0 Å². The lowest BCUT2D eigenvalue weighted by Crippen LogP contribution is -2.41. The van der Waals surface area contributed by atoms with Gasteiger partial charge in [0.25, 0.3) is 0 Å². The maximum Gasteiger partial charge on any atom is 0.326 e. The van der Waals surface area contributed by atoms with E-state index in [1.807, 2.05) is 0 Å². The molecule has 1 aliphatic carbocycles. The lowest BCUT2D eigenvalue weighted by Gasteiger charge is -2.21. The molecule has 5 nitrogen and oxygen atoms in total. The molecular weight excluding hydrogens is 210 g/mol. The van der Waals surface area contributed by atoms with Gasteiger partial charge in [-0.15, -0.1) is 0 Å². The quantitative estimate of drug-likeness (QED) is 0.714. The number of hydrogen-bond donors (Lipinski definition) is 1. The van der Waals surface area contributed by atoms with Gasteiger partial charge in [0.2, 0.25) is 0 Å². The van der Waals surface area contributed by atoms with Crippen LogP contribution in [0.25, 0.3) is 0 Å². The van der Waals surface area contributed by atoms with E-state index in [9.17, 15) is 9.59 Å². The molecule has 0 spiro atoms. The monoisotopic (exact) mass is 229 g/mol. The molecule has 5 heteroatoms. The van der Waals surface area contributed by atoms with Gasteiger partial charge in [0.05, 0.1) is 5.92 Å². The molecule has 2 N–H and O–H groups in total. The van der Waals surface area contributed by atoms with Gasteiger partial charge in [-0.05, 0) is 33.6 Å². The van der Waals surface area contributed by atoms with Crippen molar-refractivity contribution in [1.29, 1.82) is 0 Å². The SMILES string of the molecule is CC(C)(C)OC(=O)C(N)COC(=O)C1CC1. The number of carbonyl (C=O) groups is 2. The molecule has 1 atom stereocenters. The zero-order valence-electron chi connectivity index (χ0n) is 9.99. The zero-order chi connectivity index (χ0) is 12.3. The van der Waals surface area contributed by atoms with Crippen molar-refractivity contribution in [1.82, 2.24) is 0 Å². The maximum absolute atomic E-state index is 11.4. The molecule has 1 fully saturated rings. The second-order valence-corrected chi connectivity index (χ2v) is 5.04. The van der Waals surface area contributed by atoms with E-state index >= 15 is 0 Å². The van der Waals surface area contributed by atoms with E-state index in [1.165, 1.54) is 0 Å². The van der Waals surface area contributed by atoms with Crippen LogP contribution in [-0.4, -0.2) is 30.2 Å². The van der Waals surface area contributed by atoms with Crippen LogP contribution in [0, 0.1) is 5.92 Å². The predicted molar refractivity (Wildman–Crippen MR) is 57.5 cm³/mol. The summed E-state index contributed by atoms with van der Waals surface area (Å²) in [7, 11) is 0. The second kappa shape index (κ2) is 4.82. The number of esters is 2. The Labute approximate surface area is 95.3 Å². The van der Waals surface area contributed by atoms with E-state index < -0.39 is 17.6 Å². The highest BCUT2D eigenvalue weighted by Crippen LogP contribution is 2.30. The molecule has 1 unspecified atom stereocenters. The van der Waals surface area contributed by atoms with E-state index in [2.05, 4.69) is 0 Å². The first kappa shape index (κ1) is 13.0. The third-order valence-electron chi connectivity index (χ3n) is 2.03. The Kier molecular flexibility index (Phi) is 3.91. The van der Waals surface area contributed by atoms with Crippen LogP contribution >= 0.6 is 0 Å². The highest BCUT2D eigenvalue weighted by molar-refractivity contribution is 5.78. The van der Waals surface area contributed by atoms with Gasteiger partial charge in [-0.1, -0.05) is 0 Å². The molecule has 1 rings (SSSR count). The molecule has 0 aromatic rings. The maximum atomic E-state index is 11.4. The number of ether oxygens (including phenoxy) is 2. The minimum Gasteiger partial charge on any atom is -0.463 e. The molecule has 0 aromatic carbocycles. The predicted octanol–water partition coefficient (Wildman–Crippen LogP) is 0.609. The fourth-order valence-electron chi connectivity index (χ4n) is 1.05. The Hall–Kier alpha value is -1.10. The number of rotatable bonds is 4. The molecule has 0 aliphatic heterocycles. The highest BCUT2D eigenvalue weighted by atomic mass is 16.6. The summed E-state index contributed by atoms with van der Waals surface area (Å²) < 4.78 is 9.95. The van der Waals surface area contributed by atoms with E-state index in [1.54, 1.807) is 20.8 Å². The minimum absolute atomic E-state index is 0.0193. The van der Waals surface area contributed by atoms with Gasteiger partial charge < -0.3 is 15.2 Å². The Balaban J connectivity index is 2.25. The molecular formula is C11H19NO4. The molecule has 0 saturated heterocycles. The van der Waals surface area contributed by atoms with Gasteiger partial charge >= 0.3 is 11.9 Å². The van der Waals surface area contributed by atoms with Crippen LogP contribution in [0.4, 0.5) is 0 Å². The van der Waals surface area contributed by atoms with Crippen molar-refractivity contribution in [2.45, 2.75) is 45.3 Å². The summed E-state index contributed by atoms with van der Waals surface area (Å²) in [5.74, 6) is -0.791. The molecule has 0 aromatic heterocycles. The van der Waals surface area contributed by atoms with Crippen LogP contribution in [-0.2, 0) is 19.1 Å². The van der Waals surface area contributed by atoms with Gasteiger partial charge in [-0.2, -0.15) is 0 Å². The molecule has 16 heavy (non-hydrogen) atoms. The van der Waals surface area contributed by atoms with Crippen LogP contribution in [0.1, 0.15) is 33.6 Å². The van der Waals surface area contributed by atoms with E-state index in [-0.39, 0.29) is 18.5 Å². The molecule has 1 saturated carbocycles. The normalized spacial score (nSPS) is 17.8. The summed E-state index contributed by atoms with van der Waals surface area (Å²) in [4.78, 5) is 22.6. The fraction of sp³-hybridized carbons (Fsp3) is 0.818. The second-order valence-electron chi connectivity index (χ2n) is 5.04. The third kappa shape index (κ3) is 4.61. The first-order valence-electron chi connectivity index (χ1n) is 5.44. The minimum atomic E-state index is -0.901. The van der Waals surface area contributed by atoms with E-state index in [0.717, 1.165) is 12.8 Å². The Morgan fingerprint density at radius 1 is 1.38 bits per heavy atom. The average Bonchev–Trinajstić information content (AvgIpc) is 2.93. The van der Waals surface area contributed by atoms with Gasteiger partial charge in [0.15, 0.2) is 0 Å². The van der Waals surface area contributed by atoms with Gasteiger partial charge in [-0.25, -0.2) is 0 Å². The molecule has 0 amide bonds. The van der Waals surface area contributed by atoms with Gasteiger partial charge in [-0.3, -0.25) is 9.59 Å². The van der Waals surface area contributed by atoms with Crippen LogP contribution < -0.4 is 5.73 Å². The van der Waals surface area contributed by atoms with Crippen molar-refractivity contribution in [3.8, 4) is 0 Å². The molecule has 1 aliphatic rings. The smallest absolute Gasteiger partial charge is 0.326 e. The molecule has 92 valence electrons. The van der Waals surface area contributed by atoms with Gasteiger partial charge in [0.1, 0.15) is 18.2 Å². The molecule has 0 radical (unpaired) electrons. The fourth-order valence-corrected chi connectivity index (χ4v) is 1.05. The van der Waals surface area contributed by atoms with Crippen LogP contribution in [0.2, 0.25) is 0 Å². The topological polar surface area (TPSA) is 78.6 Å². The summed E-state index contributed by atoms with van der Waals surface area (Å²) >= 11 is 0. The first-order chi connectivity index (χ1) is 7.29. The third-order valence-corrected chi connectivity index (χ3v) is 2.03. The first-order valence-corrected chi connectivity index (χ1v) is 5.44. The summed E-state index contributed by atoms with van der Waals surface area (Å²) in [6, 6.07) is -0.901. The van der Waals surface area contributed by atoms with E-state index in [4.69, 9.17) is 15.2 Å². The largest absolute Gasteiger partial charge is 0.463 e. The van der Waals surface area contributed by atoms with Crippen molar-refractivity contribution in [3.63, 3.8) is 0 Å². The van der Waals surface area contributed by atoms with Crippen molar-refractivity contribution >= 4 is 11.9 Å². The lowest BCUT2D eigenvalue weighted by atomic mass is 10.2. The standard InChI is InChI=1S/C11H19NO4/c1-11(2,3)16-10(14)8(12)6-15-9(13)7-4-5-7/h7-8H,4-6,12H2,1-3H3. The number of nitrogens with two attached hydrogens (primary N) is 1. The number of carbonyl (C=O) groups excluding carboxylic acids is 2. The van der Waals surface area contributed by atoms with Crippen molar-refractivity contribution < 1.29 is 19.1 Å². The molecule has 0 heterocycles. The van der Waals surface area contributed by atoms with Crippen LogP contribution in [0.15, 0.2) is 0 Å². The zero-order valence-corrected chi connectivity index (χ0v) is 9.99. The van der Waals surface area contributed by atoms with Crippen molar-refractivity contribution in [2.75, 3.05) is 6.61 Å². The van der Waals surface area contributed by atoms with Gasteiger partial charge in [0, 0.05) is 0 Å². The summed E-state index contributed by atoms with van der Waals surface area (Å²) in [6.07, 6.45) is 1.75. The molecule has 0 bridgehead atoms. The highest BCUT2D eigenvalue weighted by Gasteiger charge is 2.32. The Morgan fingerprint density at radius 2 is 1.94 bits per heavy atom. The van der Waals surface area contributed by atoms with Crippen LogP contribution in [0.5, 0.6) is 0 Å². The Bertz CT molecular complexity index is 278.